The van der Waals surface area contributed by atoms with Gasteiger partial charge in [0.1, 0.15) is 17.4 Å². The van der Waals surface area contributed by atoms with Gasteiger partial charge in [0.05, 0.1) is 23.8 Å². The van der Waals surface area contributed by atoms with Crippen molar-refractivity contribution in [1.29, 1.82) is 0 Å². The lowest BCUT2D eigenvalue weighted by molar-refractivity contribution is -0.145. The maximum atomic E-state index is 13.3. The predicted molar refractivity (Wildman–Crippen MR) is 127 cm³/mol. The fraction of sp³-hybridized carbons (Fsp3) is 0.304. The summed E-state index contributed by atoms with van der Waals surface area (Å²) >= 11 is 0. The van der Waals surface area contributed by atoms with E-state index in [-0.39, 0.29) is 11.8 Å². The van der Waals surface area contributed by atoms with Gasteiger partial charge in [0.25, 0.3) is 5.91 Å². The van der Waals surface area contributed by atoms with Gasteiger partial charge in [-0.3, -0.25) is 19.3 Å². The number of aryl methyl sites for hydroxylation is 1. The zero-order valence-electron chi connectivity index (χ0n) is 19.4. The topological polar surface area (TPSA) is 128 Å². The maximum Gasteiger partial charge on any atom is 0.252 e. The van der Waals surface area contributed by atoms with Gasteiger partial charge < -0.3 is 15.5 Å². The quantitative estimate of drug-likeness (QED) is 0.494. The molecule has 0 aliphatic carbocycles. The van der Waals surface area contributed by atoms with Gasteiger partial charge in [-0.25, -0.2) is 9.50 Å². The number of rotatable bonds is 3. The Morgan fingerprint density at radius 2 is 1.88 bits per heavy atom. The molecular formula is C23H25N9O2. The summed E-state index contributed by atoms with van der Waals surface area (Å²) in [6.07, 6.45) is 8.44. The first-order chi connectivity index (χ1) is 16.2. The summed E-state index contributed by atoms with van der Waals surface area (Å²) < 4.78 is 3.44. The molecule has 11 heteroatoms. The number of carbonyl (C=O) groups excluding carboxylic acids is 2. The third-order valence-corrected chi connectivity index (χ3v) is 6.30. The summed E-state index contributed by atoms with van der Waals surface area (Å²) in [5.74, 6) is 0.0711. The molecule has 174 valence electrons. The van der Waals surface area contributed by atoms with Gasteiger partial charge in [-0.05, 0) is 26.0 Å². The van der Waals surface area contributed by atoms with Crippen molar-refractivity contribution in [1.82, 2.24) is 34.3 Å². The van der Waals surface area contributed by atoms with Crippen molar-refractivity contribution in [3.8, 4) is 22.4 Å². The van der Waals surface area contributed by atoms with Crippen molar-refractivity contribution in [2.75, 3.05) is 23.7 Å². The number of hydrogen-bond acceptors (Lipinski definition) is 7. The Morgan fingerprint density at radius 1 is 1.09 bits per heavy atom. The molecule has 1 aliphatic rings. The summed E-state index contributed by atoms with van der Waals surface area (Å²) in [5, 5.41) is 8.70. The minimum absolute atomic E-state index is 0.121. The lowest BCUT2D eigenvalue weighted by Gasteiger charge is -2.45. The standard InChI is InChI=1S/C23H25N9O2/c1-14(33)31-6-5-30(22(34)23(31,2)3)17-7-15(9-25-11-17)19-8-18(16-10-27-29(4)12-16)20-21(24)26-13-28-32(19)20/h7-13H,5-6H2,1-4H3,(H2,24,26,28). The van der Waals surface area contributed by atoms with Gasteiger partial charge in [0.2, 0.25) is 5.91 Å². The van der Waals surface area contributed by atoms with E-state index in [2.05, 4.69) is 20.2 Å². The van der Waals surface area contributed by atoms with Crippen molar-refractivity contribution in [3.63, 3.8) is 0 Å². The first kappa shape index (κ1) is 21.6. The molecule has 4 aromatic heterocycles. The molecule has 0 atom stereocenters. The number of fused-ring (bicyclic) bond motifs is 1. The third kappa shape index (κ3) is 3.28. The third-order valence-electron chi connectivity index (χ3n) is 6.30. The lowest BCUT2D eigenvalue weighted by atomic mass is 9.97. The van der Waals surface area contributed by atoms with Gasteiger partial charge >= 0.3 is 0 Å². The van der Waals surface area contributed by atoms with Crippen LogP contribution in [0.3, 0.4) is 0 Å². The minimum atomic E-state index is -0.947. The second kappa shape index (κ2) is 7.65. The second-order valence-electron chi connectivity index (χ2n) is 8.87. The van der Waals surface area contributed by atoms with Crippen LogP contribution in [0.25, 0.3) is 27.9 Å². The van der Waals surface area contributed by atoms with Crippen molar-refractivity contribution >= 4 is 28.8 Å². The SMILES string of the molecule is CC(=O)N1CCN(c2cncc(-c3cc(-c4cnn(C)c4)c4c(N)ncnn34)c2)C(=O)C1(C)C. The zero-order chi connectivity index (χ0) is 24.2. The van der Waals surface area contributed by atoms with Gasteiger partial charge in [-0.1, -0.05) is 0 Å². The number of nitrogens with zero attached hydrogens (tertiary/aromatic N) is 8. The number of aromatic nitrogens is 6. The van der Waals surface area contributed by atoms with Gasteiger partial charge in [-0.2, -0.15) is 10.2 Å². The highest BCUT2D eigenvalue weighted by atomic mass is 16.2. The molecule has 4 aromatic rings. The maximum absolute atomic E-state index is 13.3. The van der Waals surface area contributed by atoms with Crippen LogP contribution in [-0.4, -0.2) is 64.7 Å². The first-order valence-corrected chi connectivity index (χ1v) is 10.9. The minimum Gasteiger partial charge on any atom is -0.382 e. The van der Waals surface area contributed by atoms with E-state index >= 15 is 0 Å². The van der Waals surface area contributed by atoms with Crippen LogP contribution in [-0.2, 0) is 16.6 Å². The Kier molecular flexibility index (Phi) is 4.85. The van der Waals surface area contributed by atoms with Gasteiger partial charge in [-0.15, -0.1) is 0 Å². The summed E-state index contributed by atoms with van der Waals surface area (Å²) in [6.45, 7) is 5.85. The molecule has 11 nitrogen and oxygen atoms in total. The Labute approximate surface area is 195 Å². The molecule has 0 unspecified atom stereocenters. The normalized spacial score (nSPS) is 15.8. The van der Waals surface area contributed by atoms with Crippen molar-refractivity contribution < 1.29 is 9.59 Å². The van der Waals surface area contributed by atoms with Crippen molar-refractivity contribution in [2.45, 2.75) is 26.3 Å². The number of nitrogens with two attached hydrogens (primary N) is 1. The molecule has 0 spiro atoms. The van der Waals surface area contributed by atoms with Crippen LogP contribution >= 0.6 is 0 Å². The number of nitrogen functional groups attached to an aromatic ring is 1. The molecule has 34 heavy (non-hydrogen) atoms. The smallest absolute Gasteiger partial charge is 0.252 e. The molecule has 5 heterocycles. The summed E-state index contributed by atoms with van der Waals surface area (Å²) in [5.41, 5.74) is 9.85. The van der Waals surface area contributed by atoms with E-state index in [4.69, 9.17) is 5.73 Å². The van der Waals surface area contributed by atoms with Crippen molar-refractivity contribution in [2.24, 2.45) is 7.05 Å². The Morgan fingerprint density at radius 3 is 2.59 bits per heavy atom. The zero-order valence-corrected chi connectivity index (χ0v) is 19.4. The van der Waals surface area contributed by atoms with E-state index < -0.39 is 5.54 Å². The Hall–Kier alpha value is -4.28. The Bertz CT molecular complexity index is 1440. The van der Waals surface area contributed by atoms with Crippen LogP contribution in [0, 0.1) is 0 Å². The van der Waals surface area contributed by atoms with E-state index in [0.717, 1.165) is 22.4 Å². The highest BCUT2D eigenvalue weighted by Crippen LogP contribution is 2.36. The monoisotopic (exact) mass is 459 g/mol. The molecule has 1 aliphatic heterocycles. The highest BCUT2D eigenvalue weighted by molar-refractivity contribution is 6.03. The van der Waals surface area contributed by atoms with E-state index in [9.17, 15) is 9.59 Å². The van der Waals surface area contributed by atoms with Gasteiger partial charge in [0.15, 0.2) is 5.82 Å². The molecule has 0 bridgehead atoms. The predicted octanol–water partition coefficient (Wildman–Crippen LogP) is 1.75. The molecule has 0 saturated carbocycles. The van der Waals surface area contributed by atoms with E-state index in [1.54, 1.807) is 51.4 Å². The number of anilines is 2. The molecule has 0 aromatic carbocycles. The van der Waals surface area contributed by atoms with Crippen LogP contribution in [0.4, 0.5) is 11.5 Å². The first-order valence-electron chi connectivity index (χ1n) is 10.9. The summed E-state index contributed by atoms with van der Waals surface area (Å²) in [7, 11) is 1.85. The number of hydrogen-bond donors (Lipinski definition) is 1. The molecular weight excluding hydrogens is 434 g/mol. The number of amides is 2. The highest BCUT2D eigenvalue weighted by Gasteiger charge is 2.43. The molecule has 1 fully saturated rings. The number of pyridine rings is 1. The van der Waals surface area contributed by atoms with Crippen LogP contribution in [0.2, 0.25) is 0 Å². The molecule has 5 rings (SSSR count). The molecule has 1 saturated heterocycles. The number of piperazine rings is 1. The molecule has 2 N–H and O–H groups in total. The Balaban J connectivity index is 1.60. The average molecular weight is 460 g/mol. The van der Waals surface area contributed by atoms with Gasteiger partial charge in [0, 0.05) is 56.1 Å². The molecule has 2 amide bonds. The van der Waals surface area contributed by atoms with Crippen LogP contribution in [0.5, 0.6) is 0 Å². The molecule has 0 radical (unpaired) electrons. The van der Waals surface area contributed by atoms with Crippen molar-refractivity contribution in [3.05, 3.63) is 43.2 Å². The van der Waals surface area contributed by atoms with Crippen LogP contribution in [0.1, 0.15) is 20.8 Å². The number of carbonyl (C=O) groups is 2. The summed E-state index contributed by atoms with van der Waals surface area (Å²) in [4.78, 5) is 37.2. The van der Waals surface area contributed by atoms with Crippen LogP contribution in [0.15, 0.2) is 43.2 Å². The second-order valence-corrected chi connectivity index (χ2v) is 8.87. The van der Waals surface area contributed by atoms with Crippen LogP contribution < -0.4 is 10.6 Å². The van der Waals surface area contributed by atoms with E-state index in [1.807, 2.05) is 25.4 Å². The lowest BCUT2D eigenvalue weighted by Crippen LogP contribution is -2.64. The largest absolute Gasteiger partial charge is 0.382 e. The van der Waals surface area contributed by atoms with E-state index in [0.29, 0.717) is 30.1 Å². The van der Waals surface area contributed by atoms with E-state index in [1.165, 1.54) is 13.3 Å². The fourth-order valence-electron chi connectivity index (χ4n) is 4.59. The summed E-state index contributed by atoms with van der Waals surface area (Å²) in [6, 6.07) is 3.87. The fourth-order valence-corrected chi connectivity index (χ4v) is 4.59. The average Bonchev–Trinajstić information content (AvgIpc) is 3.40.